The van der Waals surface area contributed by atoms with E-state index in [2.05, 4.69) is 15.6 Å². The molecule has 0 radical (unpaired) electrons. The Kier molecular flexibility index (Phi) is 4.34. The molecule has 0 bridgehead atoms. The fourth-order valence-corrected chi connectivity index (χ4v) is 1.47. The molecule has 0 saturated carbocycles. The zero-order valence-corrected chi connectivity index (χ0v) is 11.4. The summed E-state index contributed by atoms with van der Waals surface area (Å²) in [6, 6.07) is 1.61. The number of hydrogen-bond acceptors (Lipinski definition) is 3. The summed E-state index contributed by atoms with van der Waals surface area (Å²) in [5.41, 5.74) is 0.237. The van der Waals surface area contributed by atoms with Crippen LogP contribution >= 0.6 is 11.6 Å². The van der Waals surface area contributed by atoms with Crippen LogP contribution in [0.15, 0.2) is 12.3 Å². The second kappa shape index (κ2) is 5.36. The maximum absolute atomic E-state index is 11.9. The third-order valence-electron chi connectivity index (χ3n) is 2.68. The van der Waals surface area contributed by atoms with Gasteiger partial charge in [0.15, 0.2) is 0 Å². The number of hydrogen-bond donors (Lipinski definition) is 2. The van der Waals surface area contributed by atoms with Crippen molar-refractivity contribution >= 4 is 23.3 Å². The van der Waals surface area contributed by atoms with Crippen molar-refractivity contribution in [3.8, 4) is 0 Å². The number of rotatable bonds is 4. The molecule has 0 aliphatic rings. The number of carbonyl (C=O) groups is 1. The highest BCUT2D eigenvalue weighted by Crippen LogP contribution is 2.20. The van der Waals surface area contributed by atoms with Gasteiger partial charge in [0.05, 0.1) is 10.6 Å². The van der Waals surface area contributed by atoms with Crippen LogP contribution in [0.5, 0.6) is 0 Å². The molecule has 0 saturated heterocycles. The minimum atomic E-state index is -0.231. The minimum absolute atomic E-state index is 0.158. The number of anilines is 1. The SMILES string of the molecule is CCC(C)(C)NC(=O)c1cnc(NC)c(Cl)c1. The fraction of sp³-hybridized carbons (Fsp3) is 0.500. The van der Waals surface area contributed by atoms with Crippen molar-refractivity contribution in [2.24, 2.45) is 0 Å². The molecule has 94 valence electrons. The van der Waals surface area contributed by atoms with Crippen molar-refractivity contribution in [2.75, 3.05) is 12.4 Å². The van der Waals surface area contributed by atoms with E-state index in [-0.39, 0.29) is 11.4 Å². The van der Waals surface area contributed by atoms with Crippen LogP contribution in [0.2, 0.25) is 5.02 Å². The second-order valence-electron chi connectivity index (χ2n) is 4.50. The highest BCUT2D eigenvalue weighted by Gasteiger charge is 2.19. The summed E-state index contributed by atoms with van der Waals surface area (Å²) in [5.74, 6) is 0.409. The van der Waals surface area contributed by atoms with Crippen molar-refractivity contribution in [1.29, 1.82) is 0 Å². The smallest absolute Gasteiger partial charge is 0.253 e. The molecule has 0 spiro atoms. The number of nitrogens with one attached hydrogen (secondary N) is 2. The van der Waals surface area contributed by atoms with Gasteiger partial charge in [0.1, 0.15) is 5.82 Å². The molecule has 5 heteroatoms. The van der Waals surface area contributed by atoms with Gasteiger partial charge in [-0.05, 0) is 26.3 Å². The lowest BCUT2D eigenvalue weighted by molar-refractivity contribution is 0.0911. The van der Waals surface area contributed by atoms with E-state index in [1.54, 1.807) is 13.1 Å². The van der Waals surface area contributed by atoms with Crippen LogP contribution in [0, 0.1) is 0 Å². The van der Waals surface area contributed by atoms with Crippen LogP contribution in [-0.4, -0.2) is 23.5 Å². The molecule has 0 fully saturated rings. The van der Waals surface area contributed by atoms with Gasteiger partial charge in [-0.15, -0.1) is 0 Å². The van der Waals surface area contributed by atoms with Gasteiger partial charge in [-0.25, -0.2) is 4.98 Å². The summed E-state index contributed by atoms with van der Waals surface area (Å²) in [6.07, 6.45) is 2.37. The Morgan fingerprint density at radius 3 is 2.65 bits per heavy atom. The molecule has 0 unspecified atom stereocenters. The Hall–Kier alpha value is -1.29. The standard InChI is InChI=1S/C12H18ClN3O/c1-5-12(2,3)16-11(17)8-6-9(13)10(14-4)15-7-8/h6-7H,5H2,1-4H3,(H,14,15)(H,16,17). The Bertz CT molecular complexity index is 418. The Morgan fingerprint density at radius 1 is 1.53 bits per heavy atom. The number of aromatic nitrogens is 1. The summed E-state index contributed by atoms with van der Waals surface area (Å²) in [6.45, 7) is 5.97. The van der Waals surface area contributed by atoms with E-state index in [0.29, 0.717) is 16.4 Å². The average Bonchev–Trinajstić information content (AvgIpc) is 2.28. The molecular formula is C12H18ClN3O. The predicted molar refractivity (Wildman–Crippen MR) is 70.6 cm³/mol. The lowest BCUT2D eigenvalue weighted by Crippen LogP contribution is -2.42. The normalized spacial score (nSPS) is 11.1. The van der Waals surface area contributed by atoms with Crippen molar-refractivity contribution in [2.45, 2.75) is 32.7 Å². The van der Waals surface area contributed by atoms with E-state index in [1.807, 2.05) is 20.8 Å². The second-order valence-corrected chi connectivity index (χ2v) is 4.90. The molecular weight excluding hydrogens is 238 g/mol. The molecule has 0 aliphatic carbocycles. The lowest BCUT2D eigenvalue weighted by atomic mass is 10.0. The van der Waals surface area contributed by atoms with E-state index < -0.39 is 0 Å². The summed E-state index contributed by atoms with van der Waals surface area (Å²) in [7, 11) is 1.73. The topological polar surface area (TPSA) is 54.0 Å². The van der Waals surface area contributed by atoms with Gasteiger partial charge < -0.3 is 10.6 Å². The molecule has 1 aromatic rings. The largest absolute Gasteiger partial charge is 0.372 e. The molecule has 0 atom stereocenters. The van der Waals surface area contributed by atoms with Gasteiger partial charge >= 0.3 is 0 Å². The highest BCUT2D eigenvalue weighted by atomic mass is 35.5. The Balaban J connectivity index is 2.87. The zero-order valence-electron chi connectivity index (χ0n) is 10.6. The van der Waals surface area contributed by atoms with E-state index in [1.165, 1.54) is 6.20 Å². The predicted octanol–water partition coefficient (Wildman–Crippen LogP) is 2.70. The van der Waals surface area contributed by atoms with Crippen LogP contribution < -0.4 is 10.6 Å². The average molecular weight is 256 g/mol. The molecule has 0 aliphatic heterocycles. The molecule has 4 nitrogen and oxygen atoms in total. The van der Waals surface area contributed by atoms with Crippen LogP contribution in [-0.2, 0) is 0 Å². The van der Waals surface area contributed by atoms with Crippen LogP contribution in [0.3, 0.4) is 0 Å². The van der Waals surface area contributed by atoms with Crippen LogP contribution in [0.1, 0.15) is 37.6 Å². The number of halogens is 1. The first-order valence-electron chi connectivity index (χ1n) is 5.55. The van der Waals surface area contributed by atoms with Crippen LogP contribution in [0.4, 0.5) is 5.82 Å². The Morgan fingerprint density at radius 2 is 2.18 bits per heavy atom. The van der Waals surface area contributed by atoms with E-state index in [9.17, 15) is 4.79 Å². The molecule has 1 heterocycles. The van der Waals surface area contributed by atoms with Gasteiger partial charge in [0.25, 0.3) is 5.91 Å². The van der Waals surface area contributed by atoms with Gasteiger partial charge in [0.2, 0.25) is 0 Å². The summed E-state index contributed by atoms with van der Waals surface area (Å²) in [4.78, 5) is 16.0. The quantitative estimate of drug-likeness (QED) is 0.870. The fourth-order valence-electron chi connectivity index (χ4n) is 1.21. The number of nitrogens with zero attached hydrogens (tertiary/aromatic N) is 1. The monoisotopic (exact) mass is 255 g/mol. The summed E-state index contributed by atoms with van der Waals surface area (Å²) < 4.78 is 0. The maximum Gasteiger partial charge on any atom is 0.253 e. The van der Waals surface area contributed by atoms with E-state index in [0.717, 1.165) is 6.42 Å². The lowest BCUT2D eigenvalue weighted by Gasteiger charge is -2.24. The first kappa shape index (κ1) is 13.8. The molecule has 2 N–H and O–H groups in total. The Labute approximate surface area is 107 Å². The third kappa shape index (κ3) is 3.60. The van der Waals surface area contributed by atoms with Gasteiger partial charge in [0, 0.05) is 18.8 Å². The van der Waals surface area contributed by atoms with E-state index in [4.69, 9.17) is 11.6 Å². The molecule has 17 heavy (non-hydrogen) atoms. The van der Waals surface area contributed by atoms with Crippen molar-refractivity contribution in [3.05, 3.63) is 22.8 Å². The third-order valence-corrected chi connectivity index (χ3v) is 2.96. The minimum Gasteiger partial charge on any atom is -0.372 e. The first-order valence-corrected chi connectivity index (χ1v) is 5.93. The van der Waals surface area contributed by atoms with Gasteiger partial charge in [-0.1, -0.05) is 18.5 Å². The highest BCUT2D eigenvalue weighted by molar-refractivity contribution is 6.33. The van der Waals surface area contributed by atoms with Crippen LogP contribution in [0.25, 0.3) is 0 Å². The van der Waals surface area contributed by atoms with Gasteiger partial charge in [-0.2, -0.15) is 0 Å². The molecule has 1 aromatic heterocycles. The number of pyridine rings is 1. The van der Waals surface area contributed by atoms with Gasteiger partial charge in [-0.3, -0.25) is 4.79 Å². The van der Waals surface area contributed by atoms with E-state index >= 15 is 0 Å². The van der Waals surface area contributed by atoms with Crippen molar-refractivity contribution in [1.82, 2.24) is 10.3 Å². The summed E-state index contributed by atoms with van der Waals surface area (Å²) >= 11 is 5.97. The molecule has 1 amide bonds. The van der Waals surface area contributed by atoms with Crippen molar-refractivity contribution < 1.29 is 4.79 Å². The maximum atomic E-state index is 11.9. The molecule has 0 aromatic carbocycles. The summed E-state index contributed by atoms with van der Waals surface area (Å²) in [5, 5.41) is 6.21. The zero-order chi connectivity index (χ0) is 13.1. The molecule has 1 rings (SSSR count). The first-order chi connectivity index (χ1) is 7.89. The van der Waals surface area contributed by atoms with Crippen molar-refractivity contribution in [3.63, 3.8) is 0 Å². The number of amides is 1. The number of carbonyl (C=O) groups excluding carboxylic acids is 1.